The monoisotopic (exact) mass is 233 g/mol. The first-order valence-corrected chi connectivity index (χ1v) is 6.64. The van der Waals surface area contributed by atoms with Gasteiger partial charge in [0.05, 0.1) is 6.61 Å². The lowest BCUT2D eigenvalue weighted by Gasteiger charge is -2.15. The molecular weight excluding hydrogens is 210 g/mol. The van der Waals surface area contributed by atoms with Gasteiger partial charge in [-0.15, -0.1) is 0 Å². The molecule has 94 valence electrons. The first kappa shape index (κ1) is 12.4. The van der Waals surface area contributed by atoms with E-state index in [9.17, 15) is 0 Å². The molecule has 2 nitrogen and oxygen atoms in total. The van der Waals surface area contributed by atoms with Crippen LogP contribution in [0.1, 0.15) is 36.0 Å². The molecule has 1 aliphatic rings. The van der Waals surface area contributed by atoms with E-state index in [0.717, 1.165) is 37.7 Å². The summed E-state index contributed by atoms with van der Waals surface area (Å²) in [6, 6.07) is 4.38. The Balaban J connectivity index is 2.13. The number of hydrogen-bond donors (Lipinski definition) is 1. The fourth-order valence-electron chi connectivity index (χ4n) is 2.02. The summed E-state index contributed by atoms with van der Waals surface area (Å²) in [5.74, 6) is 1.92. The van der Waals surface area contributed by atoms with E-state index in [0.29, 0.717) is 0 Å². The van der Waals surface area contributed by atoms with Gasteiger partial charge in [0.2, 0.25) is 0 Å². The molecule has 0 bridgehead atoms. The van der Waals surface area contributed by atoms with Crippen molar-refractivity contribution < 1.29 is 4.74 Å². The fraction of sp³-hybridized carbons (Fsp3) is 0.600. The predicted octanol–water partition coefficient (Wildman–Crippen LogP) is 2.98. The first-order chi connectivity index (χ1) is 8.22. The van der Waals surface area contributed by atoms with E-state index < -0.39 is 0 Å². The van der Waals surface area contributed by atoms with Crippen molar-refractivity contribution in [1.29, 1.82) is 0 Å². The summed E-state index contributed by atoms with van der Waals surface area (Å²) < 4.78 is 6.03. The highest BCUT2D eigenvalue weighted by molar-refractivity contribution is 5.45. The highest BCUT2D eigenvalue weighted by atomic mass is 16.5. The lowest BCUT2D eigenvalue weighted by molar-refractivity contribution is 0.294. The van der Waals surface area contributed by atoms with Crippen LogP contribution >= 0.6 is 0 Å². The van der Waals surface area contributed by atoms with Crippen LogP contribution in [0.2, 0.25) is 0 Å². The van der Waals surface area contributed by atoms with Crippen LogP contribution in [0.5, 0.6) is 5.75 Å². The van der Waals surface area contributed by atoms with Crippen LogP contribution in [0.3, 0.4) is 0 Å². The molecule has 0 amide bonds. The van der Waals surface area contributed by atoms with Gasteiger partial charge in [-0.1, -0.05) is 12.1 Å². The molecule has 1 aliphatic carbocycles. The van der Waals surface area contributed by atoms with Crippen LogP contribution in [0.15, 0.2) is 12.1 Å². The minimum Gasteiger partial charge on any atom is -0.493 e. The summed E-state index contributed by atoms with van der Waals surface area (Å²) in [6.07, 6.45) is 4.73. The van der Waals surface area contributed by atoms with Crippen LogP contribution < -0.4 is 10.5 Å². The predicted molar refractivity (Wildman–Crippen MR) is 71.5 cm³/mol. The van der Waals surface area contributed by atoms with E-state index in [4.69, 9.17) is 10.5 Å². The average molecular weight is 233 g/mol. The third kappa shape index (κ3) is 3.22. The Kier molecular flexibility index (Phi) is 4.06. The average Bonchev–Trinajstić information content (AvgIpc) is 3.13. The number of ether oxygens (including phenoxy) is 1. The van der Waals surface area contributed by atoms with Crippen molar-refractivity contribution >= 4 is 0 Å². The summed E-state index contributed by atoms with van der Waals surface area (Å²) in [4.78, 5) is 0. The highest BCUT2D eigenvalue weighted by Crippen LogP contribution is 2.33. The molecule has 17 heavy (non-hydrogen) atoms. The maximum Gasteiger partial charge on any atom is 0.125 e. The second kappa shape index (κ2) is 5.54. The first-order valence-electron chi connectivity index (χ1n) is 6.64. The number of rotatable bonds is 6. The summed E-state index contributed by atoms with van der Waals surface area (Å²) >= 11 is 0. The fourth-order valence-corrected chi connectivity index (χ4v) is 2.02. The van der Waals surface area contributed by atoms with E-state index in [1.54, 1.807) is 0 Å². The van der Waals surface area contributed by atoms with E-state index in [-0.39, 0.29) is 0 Å². The van der Waals surface area contributed by atoms with Crippen molar-refractivity contribution in [3.8, 4) is 5.75 Å². The molecule has 1 fully saturated rings. The minimum atomic E-state index is 0.745. The largest absolute Gasteiger partial charge is 0.493 e. The van der Waals surface area contributed by atoms with Gasteiger partial charge in [0.25, 0.3) is 0 Å². The molecule has 0 unspecified atom stereocenters. The van der Waals surface area contributed by atoms with Gasteiger partial charge in [0.1, 0.15) is 5.75 Å². The summed E-state index contributed by atoms with van der Waals surface area (Å²) in [7, 11) is 0. The molecule has 0 spiro atoms. The van der Waals surface area contributed by atoms with Crippen LogP contribution in [-0.4, -0.2) is 13.2 Å². The minimum absolute atomic E-state index is 0.745. The summed E-state index contributed by atoms with van der Waals surface area (Å²) in [5, 5.41) is 0. The van der Waals surface area contributed by atoms with Crippen LogP contribution in [0.25, 0.3) is 0 Å². The molecule has 0 heterocycles. The van der Waals surface area contributed by atoms with Gasteiger partial charge >= 0.3 is 0 Å². The Morgan fingerprint density at radius 1 is 1.29 bits per heavy atom. The lowest BCUT2D eigenvalue weighted by atomic mass is 10.0. The van der Waals surface area contributed by atoms with Gasteiger partial charge in [-0.2, -0.15) is 0 Å². The molecule has 1 saturated carbocycles. The molecule has 2 heteroatoms. The Hall–Kier alpha value is -1.02. The number of nitrogens with two attached hydrogens (primary N) is 1. The van der Waals surface area contributed by atoms with Crippen molar-refractivity contribution in [2.45, 2.75) is 39.5 Å². The second-order valence-corrected chi connectivity index (χ2v) is 5.14. The Bertz CT molecular complexity index is 383. The third-order valence-electron chi connectivity index (χ3n) is 3.57. The zero-order chi connectivity index (χ0) is 12.3. The molecule has 0 atom stereocenters. The molecular formula is C15H23NO. The van der Waals surface area contributed by atoms with Gasteiger partial charge < -0.3 is 10.5 Å². The van der Waals surface area contributed by atoms with E-state index in [2.05, 4.69) is 26.0 Å². The van der Waals surface area contributed by atoms with Gasteiger partial charge in [-0.05, 0) is 68.7 Å². The van der Waals surface area contributed by atoms with E-state index >= 15 is 0 Å². The van der Waals surface area contributed by atoms with Crippen molar-refractivity contribution in [1.82, 2.24) is 0 Å². The molecule has 0 radical (unpaired) electrons. The summed E-state index contributed by atoms with van der Waals surface area (Å²) in [6.45, 7) is 5.93. The van der Waals surface area contributed by atoms with Crippen molar-refractivity contribution in [2.75, 3.05) is 13.2 Å². The lowest BCUT2D eigenvalue weighted by Crippen LogP contribution is -2.06. The van der Waals surface area contributed by atoms with Gasteiger partial charge in [0, 0.05) is 0 Å². The smallest absolute Gasteiger partial charge is 0.125 e. The maximum atomic E-state index is 6.03. The molecule has 0 aliphatic heterocycles. The number of aryl methyl sites for hydroxylation is 2. The Morgan fingerprint density at radius 3 is 2.71 bits per heavy atom. The molecule has 0 aromatic heterocycles. The van der Waals surface area contributed by atoms with E-state index in [1.165, 1.54) is 29.5 Å². The van der Waals surface area contributed by atoms with Gasteiger partial charge in [-0.3, -0.25) is 0 Å². The standard InChI is InChI=1S/C15H23NO/c1-11-5-8-14(4-3-9-16)15(12(11)2)17-10-13-6-7-13/h5,8,13H,3-4,6-7,9-10,16H2,1-2H3. The quantitative estimate of drug-likeness (QED) is 0.820. The van der Waals surface area contributed by atoms with Crippen LogP contribution in [0, 0.1) is 19.8 Å². The zero-order valence-corrected chi connectivity index (χ0v) is 11.0. The maximum absolute atomic E-state index is 6.03. The normalized spacial score (nSPS) is 15.0. The number of benzene rings is 1. The van der Waals surface area contributed by atoms with E-state index in [1.807, 2.05) is 0 Å². The topological polar surface area (TPSA) is 35.2 Å². The molecule has 0 saturated heterocycles. The van der Waals surface area contributed by atoms with Crippen molar-refractivity contribution in [3.05, 3.63) is 28.8 Å². The van der Waals surface area contributed by atoms with Gasteiger partial charge in [-0.25, -0.2) is 0 Å². The van der Waals surface area contributed by atoms with Crippen LogP contribution in [-0.2, 0) is 6.42 Å². The number of hydrogen-bond acceptors (Lipinski definition) is 2. The Morgan fingerprint density at radius 2 is 2.06 bits per heavy atom. The van der Waals surface area contributed by atoms with Crippen molar-refractivity contribution in [3.63, 3.8) is 0 Å². The molecule has 2 rings (SSSR count). The van der Waals surface area contributed by atoms with Crippen molar-refractivity contribution in [2.24, 2.45) is 11.7 Å². The Labute approximate surface area is 104 Å². The molecule has 1 aromatic rings. The highest BCUT2D eigenvalue weighted by Gasteiger charge is 2.22. The summed E-state index contributed by atoms with van der Waals surface area (Å²) in [5.41, 5.74) is 9.51. The van der Waals surface area contributed by atoms with Crippen LogP contribution in [0.4, 0.5) is 0 Å². The zero-order valence-electron chi connectivity index (χ0n) is 11.0. The molecule has 1 aromatic carbocycles. The SMILES string of the molecule is Cc1ccc(CCCN)c(OCC2CC2)c1C. The molecule has 2 N–H and O–H groups in total. The second-order valence-electron chi connectivity index (χ2n) is 5.14. The van der Waals surface area contributed by atoms with Gasteiger partial charge in [0.15, 0.2) is 0 Å². The third-order valence-corrected chi connectivity index (χ3v) is 3.57.